The summed E-state index contributed by atoms with van der Waals surface area (Å²) in [6.45, 7) is 9.46. The number of rotatable bonds is 6. The van der Waals surface area contributed by atoms with E-state index in [2.05, 4.69) is 43.3 Å². The molecule has 3 saturated heterocycles. The molecule has 0 amide bonds. The fourth-order valence-corrected chi connectivity index (χ4v) is 5.41. The number of piperazine rings is 1. The zero-order valence-electron chi connectivity index (χ0n) is 19.2. The van der Waals surface area contributed by atoms with Gasteiger partial charge in [-0.15, -0.1) is 0 Å². The van der Waals surface area contributed by atoms with Gasteiger partial charge in [0.2, 0.25) is 5.88 Å². The maximum atomic E-state index is 6.10. The third kappa shape index (κ3) is 5.31. The molecule has 0 bridgehead atoms. The van der Waals surface area contributed by atoms with E-state index in [4.69, 9.17) is 9.26 Å². The molecule has 2 aromatic rings. The summed E-state index contributed by atoms with van der Waals surface area (Å²) in [5.41, 5.74) is 2.29. The third-order valence-electron chi connectivity index (χ3n) is 7.24. The van der Waals surface area contributed by atoms with Crippen molar-refractivity contribution in [3.05, 3.63) is 41.9 Å². The Kier molecular flexibility index (Phi) is 7.02. The number of fused-ring (bicyclic) bond motifs is 1. The molecular formula is C24H36N6O2. The molecule has 3 atom stereocenters. The summed E-state index contributed by atoms with van der Waals surface area (Å²) in [5, 5.41) is 7.80. The molecule has 2 aromatic heterocycles. The largest absolute Gasteiger partial charge is 0.477 e. The fourth-order valence-electron chi connectivity index (χ4n) is 5.41. The Hall–Kier alpha value is -2.00. The Bertz CT molecular complexity index is 830. The summed E-state index contributed by atoms with van der Waals surface area (Å²) >= 11 is 0. The second kappa shape index (κ2) is 10.3. The van der Waals surface area contributed by atoms with Gasteiger partial charge in [0.05, 0.1) is 12.6 Å². The minimum absolute atomic E-state index is 0.267. The van der Waals surface area contributed by atoms with E-state index in [0.717, 1.165) is 70.4 Å². The lowest BCUT2D eigenvalue weighted by Crippen LogP contribution is -2.57. The SMILES string of the molecule is CN1CCCN(Cc2ccc(OCC3CCC4C(c5ccon5)NCCN4C3)nc2)CC1. The van der Waals surface area contributed by atoms with Gasteiger partial charge in [-0.25, -0.2) is 4.98 Å². The molecule has 3 aliphatic heterocycles. The van der Waals surface area contributed by atoms with Crippen molar-refractivity contribution < 1.29 is 9.26 Å². The van der Waals surface area contributed by atoms with Crippen LogP contribution in [0.25, 0.3) is 0 Å². The molecule has 0 aliphatic carbocycles. The monoisotopic (exact) mass is 440 g/mol. The van der Waals surface area contributed by atoms with E-state index in [1.165, 1.54) is 24.9 Å². The maximum absolute atomic E-state index is 6.10. The quantitative estimate of drug-likeness (QED) is 0.732. The number of nitrogens with zero attached hydrogens (tertiary/aromatic N) is 5. The van der Waals surface area contributed by atoms with Gasteiger partial charge in [0, 0.05) is 69.6 Å². The van der Waals surface area contributed by atoms with Crippen LogP contribution in [0.3, 0.4) is 0 Å². The molecule has 1 N–H and O–H groups in total. The minimum atomic E-state index is 0.267. The van der Waals surface area contributed by atoms with Crippen molar-refractivity contribution in [2.45, 2.75) is 37.9 Å². The van der Waals surface area contributed by atoms with E-state index < -0.39 is 0 Å². The molecular weight excluding hydrogens is 404 g/mol. The number of hydrogen-bond donors (Lipinski definition) is 1. The van der Waals surface area contributed by atoms with E-state index in [0.29, 0.717) is 12.0 Å². The van der Waals surface area contributed by atoms with Gasteiger partial charge >= 0.3 is 0 Å². The average molecular weight is 441 g/mol. The molecule has 0 radical (unpaired) electrons. The molecule has 0 aromatic carbocycles. The van der Waals surface area contributed by atoms with Crippen LogP contribution in [0.5, 0.6) is 5.88 Å². The Morgan fingerprint density at radius 2 is 2.09 bits per heavy atom. The highest BCUT2D eigenvalue weighted by atomic mass is 16.5. The highest BCUT2D eigenvalue weighted by Crippen LogP contribution is 2.32. The van der Waals surface area contributed by atoms with Gasteiger partial charge in [-0.3, -0.25) is 9.80 Å². The zero-order valence-corrected chi connectivity index (χ0v) is 19.2. The van der Waals surface area contributed by atoms with Crippen LogP contribution >= 0.6 is 0 Å². The lowest BCUT2D eigenvalue weighted by atomic mass is 9.87. The topological polar surface area (TPSA) is 69.9 Å². The predicted molar refractivity (Wildman–Crippen MR) is 122 cm³/mol. The first-order valence-corrected chi connectivity index (χ1v) is 12.1. The fraction of sp³-hybridized carbons (Fsp3) is 0.667. The molecule has 5 heterocycles. The van der Waals surface area contributed by atoms with E-state index in [1.54, 1.807) is 6.26 Å². The lowest BCUT2D eigenvalue weighted by Gasteiger charge is -2.46. The van der Waals surface area contributed by atoms with Crippen molar-refractivity contribution in [3.63, 3.8) is 0 Å². The summed E-state index contributed by atoms with van der Waals surface area (Å²) in [6.07, 6.45) is 7.20. The van der Waals surface area contributed by atoms with Crippen molar-refractivity contribution in [1.29, 1.82) is 0 Å². The smallest absolute Gasteiger partial charge is 0.213 e. The molecule has 174 valence electrons. The highest BCUT2D eigenvalue weighted by molar-refractivity contribution is 5.18. The van der Waals surface area contributed by atoms with Crippen molar-refractivity contribution in [1.82, 2.24) is 30.2 Å². The van der Waals surface area contributed by atoms with Crippen LogP contribution in [0.1, 0.15) is 36.6 Å². The number of ether oxygens (including phenoxy) is 1. The zero-order chi connectivity index (χ0) is 21.8. The van der Waals surface area contributed by atoms with Crippen LogP contribution < -0.4 is 10.1 Å². The van der Waals surface area contributed by atoms with Crippen molar-refractivity contribution in [3.8, 4) is 5.88 Å². The van der Waals surface area contributed by atoms with Crippen LogP contribution in [0.4, 0.5) is 0 Å². The van der Waals surface area contributed by atoms with Gasteiger partial charge in [0.25, 0.3) is 0 Å². The predicted octanol–water partition coefficient (Wildman–Crippen LogP) is 2.01. The number of piperidine rings is 1. The molecule has 8 heteroatoms. The Balaban J connectivity index is 1.09. The van der Waals surface area contributed by atoms with Crippen molar-refractivity contribution >= 4 is 0 Å². The van der Waals surface area contributed by atoms with Crippen LogP contribution in [-0.4, -0.2) is 90.4 Å². The molecule has 8 nitrogen and oxygen atoms in total. The standard InChI is InChI=1S/C24H36N6O2/c1-28-9-2-10-29(13-12-28)16-19-4-6-23(26-15-19)31-18-20-3-5-22-24(21-7-14-32-27-21)25-8-11-30(22)17-20/h4,6-7,14-15,20,22,24-25H,2-3,5,8-13,16-18H2,1H3. The summed E-state index contributed by atoms with van der Waals surface area (Å²) < 4.78 is 11.2. The minimum Gasteiger partial charge on any atom is -0.477 e. The summed E-state index contributed by atoms with van der Waals surface area (Å²) in [6, 6.07) is 6.95. The lowest BCUT2D eigenvalue weighted by molar-refractivity contribution is 0.0368. The molecule has 32 heavy (non-hydrogen) atoms. The number of aromatic nitrogens is 2. The number of pyridine rings is 1. The van der Waals surface area contributed by atoms with Crippen LogP contribution in [0.2, 0.25) is 0 Å². The molecule has 0 saturated carbocycles. The first kappa shape index (κ1) is 21.8. The van der Waals surface area contributed by atoms with Gasteiger partial charge in [0.1, 0.15) is 12.0 Å². The summed E-state index contributed by atoms with van der Waals surface area (Å²) in [4.78, 5) is 12.1. The first-order chi connectivity index (χ1) is 15.7. The molecule has 3 aliphatic rings. The van der Waals surface area contributed by atoms with Gasteiger partial charge in [-0.1, -0.05) is 11.2 Å². The maximum Gasteiger partial charge on any atom is 0.213 e. The van der Waals surface area contributed by atoms with Gasteiger partial charge in [-0.2, -0.15) is 0 Å². The van der Waals surface area contributed by atoms with Crippen LogP contribution in [0.15, 0.2) is 35.2 Å². The summed E-state index contributed by atoms with van der Waals surface area (Å²) in [7, 11) is 2.21. The van der Waals surface area contributed by atoms with Crippen molar-refractivity contribution in [2.75, 3.05) is 59.5 Å². The first-order valence-electron chi connectivity index (χ1n) is 12.1. The van der Waals surface area contributed by atoms with Gasteiger partial charge in [0.15, 0.2) is 0 Å². The normalized spacial score (nSPS) is 28.2. The number of likely N-dealkylation sites (N-methyl/N-ethyl adjacent to an activating group) is 1. The Morgan fingerprint density at radius 3 is 2.94 bits per heavy atom. The molecule has 3 unspecified atom stereocenters. The number of hydrogen-bond acceptors (Lipinski definition) is 8. The summed E-state index contributed by atoms with van der Waals surface area (Å²) in [5.74, 6) is 1.28. The second-order valence-electron chi connectivity index (χ2n) is 9.61. The van der Waals surface area contributed by atoms with Crippen molar-refractivity contribution in [2.24, 2.45) is 5.92 Å². The van der Waals surface area contributed by atoms with E-state index in [9.17, 15) is 0 Å². The van der Waals surface area contributed by atoms with Crippen LogP contribution in [0, 0.1) is 5.92 Å². The molecule has 5 rings (SSSR count). The molecule has 0 spiro atoms. The number of nitrogens with one attached hydrogen (secondary N) is 1. The Morgan fingerprint density at radius 1 is 1.12 bits per heavy atom. The Labute approximate surface area is 190 Å². The van der Waals surface area contributed by atoms with Gasteiger partial charge in [-0.05, 0) is 45.0 Å². The van der Waals surface area contributed by atoms with Gasteiger partial charge < -0.3 is 19.5 Å². The van der Waals surface area contributed by atoms with E-state index in [-0.39, 0.29) is 6.04 Å². The van der Waals surface area contributed by atoms with E-state index in [1.807, 2.05) is 18.3 Å². The molecule has 3 fully saturated rings. The highest BCUT2D eigenvalue weighted by Gasteiger charge is 2.38. The van der Waals surface area contributed by atoms with E-state index >= 15 is 0 Å². The third-order valence-corrected chi connectivity index (χ3v) is 7.24. The second-order valence-corrected chi connectivity index (χ2v) is 9.61. The average Bonchev–Trinajstić information content (AvgIpc) is 3.28. The van der Waals surface area contributed by atoms with Crippen LogP contribution in [-0.2, 0) is 6.54 Å².